The molecular weight excluding hydrogens is 260 g/mol. The van der Waals surface area contributed by atoms with E-state index < -0.39 is 5.97 Å². The summed E-state index contributed by atoms with van der Waals surface area (Å²) in [5, 5.41) is 10.9. The summed E-state index contributed by atoms with van der Waals surface area (Å²) < 4.78 is 5.10. The molecule has 0 atom stereocenters. The summed E-state index contributed by atoms with van der Waals surface area (Å²) in [6, 6.07) is 12.1. The third-order valence-corrected chi connectivity index (χ3v) is 3.11. The largest absolute Gasteiger partial charge is 0.420 e. The van der Waals surface area contributed by atoms with Crippen molar-refractivity contribution >= 4 is 29.1 Å². The highest BCUT2D eigenvalue weighted by Gasteiger charge is 2.13. The standard InChI is InChI=1S/C14H10N2O2S/c15-9-10(8-11-4-3-7-19-11)14(17)18-13-6-2-1-5-12(13)16/h1-8H,16H2/b10-8-. The van der Waals surface area contributed by atoms with Crippen LogP contribution >= 0.6 is 11.3 Å². The van der Waals surface area contributed by atoms with Gasteiger partial charge in [0, 0.05) is 4.88 Å². The molecule has 0 spiro atoms. The molecule has 0 aliphatic rings. The van der Waals surface area contributed by atoms with E-state index in [2.05, 4.69) is 0 Å². The fourth-order valence-corrected chi connectivity index (χ4v) is 2.04. The van der Waals surface area contributed by atoms with Gasteiger partial charge in [0.1, 0.15) is 11.6 Å². The van der Waals surface area contributed by atoms with Crippen molar-refractivity contribution < 1.29 is 9.53 Å². The van der Waals surface area contributed by atoms with Crippen molar-refractivity contribution in [3.63, 3.8) is 0 Å². The summed E-state index contributed by atoms with van der Waals surface area (Å²) in [7, 11) is 0. The molecule has 2 N–H and O–H groups in total. The number of carbonyl (C=O) groups excluding carboxylic acids is 1. The second-order valence-electron chi connectivity index (χ2n) is 3.61. The van der Waals surface area contributed by atoms with Gasteiger partial charge in [-0.3, -0.25) is 0 Å². The first-order chi connectivity index (χ1) is 9.20. The fourth-order valence-electron chi connectivity index (χ4n) is 1.38. The number of hydrogen-bond donors (Lipinski definition) is 1. The second-order valence-corrected chi connectivity index (χ2v) is 4.59. The Kier molecular flexibility index (Phi) is 3.96. The molecule has 1 heterocycles. The molecule has 19 heavy (non-hydrogen) atoms. The highest BCUT2D eigenvalue weighted by Crippen LogP contribution is 2.21. The fraction of sp³-hybridized carbons (Fsp3) is 0. The van der Waals surface area contributed by atoms with Gasteiger partial charge in [-0.05, 0) is 29.7 Å². The van der Waals surface area contributed by atoms with E-state index in [4.69, 9.17) is 15.7 Å². The lowest BCUT2D eigenvalue weighted by atomic mass is 10.2. The monoisotopic (exact) mass is 270 g/mol. The zero-order valence-electron chi connectivity index (χ0n) is 9.87. The Bertz CT molecular complexity index is 654. The predicted molar refractivity (Wildman–Crippen MR) is 74.4 cm³/mol. The normalized spacial score (nSPS) is 10.8. The Balaban J connectivity index is 2.19. The molecule has 94 valence electrons. The number of anilines is 1. The average molecular weight is 270 g/mol. The van der Waals surface area contributed by atoms with E-state index in [0.717, 1.165) is 4.88 Å². The number of rotatable bonds is 3. The van der Waals surface area contributed by atoms with Gasteiger partial charge in [-0.1, -0.05) is 18.2 Å². The maximum absolute atomic E-state index is 11.9. The van der Waals surface area contributed by atoms with E-state index in [9.17, 15) is 4.79 Å². The molecular formula is C14H10N2O2S. The van der Waals surface area contributed by atoms with Crippen molar-refractivity contribution in [2.75, 3.05) is 5.73 Å². The summed E-state index contributed by atoms with van der Waals surface area (Å²) in [5.74, 6) is -0.464. The number of hydrogen-bond acceptors (Lipinski definition) is 5. The topological polar surface area (TPSA) is 76.1 Å². The Morgan fingerprint density at radius 2 is 2.11 bits per heavy atom. The average Bonchev–Trinajstić information content (AvgIpc) is 2.91. The summed E-state index contributed by atoms with van der Waals surface area (Å²) in [5.41, 5.74) is 5.96. The zero-order chi connectivity index (χ0) is 13.7. The van der Waals surface area contributed by atoms with Crippen LogP contribution in [-0.2, 0) is 4.79 Å². The number of thiophene rings is 1. The Hall–Kier alpha value is -2.58. The molecule has 4 nitrogen and oxygen atoms in total. The molecule has 0 amide bonds. The highest BCUT2D eigenvalue weighted by molar-refractivity contribution is 7.10. The van der Waals surface area contributed by atoms with Crippen LogP contribution < -0.4 is 10.5 Å². The molecule has 5 heteroatoms. The lowest BCUT2D eigenvalue weighted by Gasteiger charge is -2.05. The van der Waals surface area contributed by atoms with Crippen molar-refractivity contribution in [2.45, 2.75) is 0 Å². The van der Waals surface area contributed by atoms with E-state index in [1.165, 1.54) is 17.4 Å². The molecule has 1 aromatic heterocycles. The Labute approximate surface area is 114 Å². The number of carbonyl (C=O) groups is 1. The van der Waals surface area contributed by atoms with Gasteiger partial charge in [0.2, 0.25) is 0 Å². The molecule has 1 aromatic carbocycles. The number of para-hydroxylation sites is 2. The number of nitrogens with zero attached hydrogens (tertiary/aromatic N) is 1. The van der Waals surface area contributed by atoms with Crippen LogP contribution in [0.25, 0.3) is 6.08 Å². The van der Waals surface area contributed by atoms with Crippen LogP contribution in [-0.4, -0.2) is 5.97 Å². The summed E-state index contributed by atoms with van der Waals surface area (Å²) in [6.45, 7) is 0. The minimum absolute atomic E-state index is 0.0642. The quantitative estimate of drug-likeness (QED) is 0.306. The zero-order valence-corrected chi connectivity index (χ0v) is 10.7. The first kappa shape index (κ1) is 12.9. The van der Waals surface area contributed by atoms with Gasteiger partial charge in [-0.2, -0.15) is 5.26 Å². The van der Waals surface area contributed by atoms with Crippen LogP contribution in [0.15, 0.2) is 47.4 Å². The molecule has 0 bridgehead atoms. The molecule has 0 unspecified atom stereocenters. The van der Waals surface area contributed by atoms with E-state index in [1.54, 1.807) is 24.3 Å². The van der Waals surface area contributed by atoms with Crippen molar-refractivity contribution in [1.29, 1.82) is 5.26 Å². The Morgan fingerprint density at radius 3 is 2.74 bits per heavy atom. The van der Waals surface area contributed by atoms with Gasteiger partial charge >= 0.3 is 5.97 Å². The van der Waals surface area contributed by atoms with Crippen molar-refractivity contribution in [3.05, 3.63) is 52.2 Å². The van der Waals surface area contributed by atoms with Crippen LogP contribution in [0, 0.1) is 11.3 Å². The molecule has 2 aromatic rings. The number of esters is 1. The number of nitriles is 1. The summed E-state index contributed by atoms with van der Waals surface area (Å²) >= 11 is 1.43. The number of nitrogen functional groups attached to an aromatic ring is 1. The van der Waals surface area contributed by atoms with Crippen molar-refractivity contribution in [1.82, 2.24) is 0 Å². The number of ether oxygens (including phenoxy) is 1. The van der Waals surface area contributed by atoms with Crippen LogP contribution in [0.5, 0.6) is 5.75 Å². The first-order valence-corrected chi connectivity index (χ1v) is 6.30. The highest BCUT2D eigenvalue weighted by atomic mass is 32.1. The second kappa shape index (κ2) is 5.85. The third-order valence-electron chi connectivity index (χ3n) is 2.29. The minimum Gasteiger partial charge on any atom is -0.420 e. The van der Waals surface area contributed by atoms with Crippen LogP contribution in [0.3, 0.4) is 0 Å². The first-order valence-electron chi connectivity index (χ1n) is 5.42. The van der Waals surface area contributed by atoms with Gasteiger partial charge in [-0.15, -0.1) is 11.3 Å². The summed E-state index contributed by atoms with van der Waals surface area (Å²) in [6.07, 6.45) is 1.49. The molecule has 0 radical (unpaired) electrons. The van der Waals surface area contributed by atoms with E-state index in [-0.39, 0.29) is 11.3 Å². The molecule has 0 aliphatic carbocycles. The minimum atomic E-state index is -0.714. The Morgan fingerprint density at radius 1 is 1.32 bits per heavy atom. The molecule has 2 rings (SSSR count). The predicted octanol–water partition coefficient (Wildman–Crippen LogP) is 2.84. The lowest BCUT2D eigenvalue weighted by molar-refractivity contribution is -0.129. The van der Waals surface area contributed by atoms with Crippen LogP contribution in [0.4, 0.5) is 5.69 Å². The smallest absolute Gasteiger partial charge is 0.354 e. The van der Waals surface area contributed by atoms with Gasteiger partial charge in [0.25, 0.3) is 0 Å². The van der Waals surface area contributed by atoms with Crippen molar-refractivity contribution in [2.24, 2.45) is 0 Å². The van der Waals surface area contributed by atoms with Gasteiger partial charge in [-0.25, -0.2) is 4.79 Å². The van der Waals surface area contributed by atoms with E-state index in [0.29, 0.717) is 5.69 Å². The summed E-state index contributed by atoms with van der Waals surface area (Å²) in [4.78, 5) is 12.7. The lowest BCUT2D eigenvalue weighted by Crippen LogP contribution is -2.11. The van der Waals surface area contributed by atoms with E-state index in [1.807, 2.05) is 23.6 Å². The van der Waals surface area contributed by atoms with Crippen LogP contribution in [0.1, 0.15) is 4.88 Å². The SMILES string of the molecule is N#C/C(=C/c1cccs1)C(=O)Oc1ccccc1N. The van der Waals surface area contributed by atoms with Gasteiger partial charge < -0.3 is 10.5 Å². The molecule has 0 saturated heterocycles. The maximum Gasteiger partial charge on any atom is 0.354 e. The number of benzene rings is 1. The van der Waals surface area contributed by atoms with Gasteiger partial charge in [0.15, 0.2) is 5.75 Å². The van der Waals surface area contributed by atoms with Crippen LogP contribution in [0.2, 0.25) is 0 Å². The maximum atomic E-state index is 11.9. The van der Waals surface area contributed by atoms with Crippen molar-refractivity contribution in [3.8, 4) is 11.8 Å². The van der Waals surface area contributed by atoms with Gasteiger partial charge in [0.05, 0.1) is 5.69 Å². The number of nitrogens with two attached hydrogens (primary N) is 1. The van der Waals surface area contributed by atoms with E-state index >= 15 is 0 Å². The molecule has 0 saturated carbocycles. The molecule has 0 fully saturated rings. The third kappa shape index (κ3) is 3.21. The molecule has 0 aliphatic heterocycles.